The van der Waals surface area contributed by atoms with Crippen LogP contribution in [0, 0.1) is 5.92 Å². The van der Waals surface area contributed by atoms with Crippen LogP contribution in [0.2, 0.25) is 0 Å². The highest BCUT2D eigenvalue weighted by Gasteiger charge is 2.47. The summed E-state index contributed by atoms with van der Waals surface area (Å²) < 4.78 is 19.6. The molecular weight excluding hydrogens is 397 g/mol. The number of ether oxygens (including phenoxy) is 1. The van der Waals surface area contributed by atoms with Crippen molar-refractivity contribution in [2.24, 2.45) is 5.92 Å². The first kappa shape index (κ1) is 21.5. The number of aromatic carboxylic acids is 1. The van der Waals surface area contributed by atoms with Crippen LogP contribution in [0.1, 0.15) is 49.0 Å². The Morgan fingerprint density at radius 1 is 1.28 bits per heavy atom. The molecule has 2 atom stereocenters. The lowest BCUT2D eigenvalue weighted by Crippen LogP contribution is -2.45. The van der Waals surface area contributed by atoms with Gasteiger partial charge in [-0.1, -0.05) is 43.7 Å². The van der Waals surface area contributed by atoms with E-state index in [1.165, 1.54) is 6.08 Å². The van der Waals surface area contributed by atoms with E-state index in [2.05, 4.69) is 5.32 Å². The highest BCUT2D eigenvalue weighted by Crippen LogP contribution is 2.45. The number of hydrogen-bond acceptors (Lipinski definition) is 3. The number of allylic oxidation sites excluding steroid dienone is 3. The zero-order valence-electron chi connectivity index (χ0n) is 16.5. The minimum Gasteiger partial charge on any atom is -0.478 e. The van der Waals surface area contributed by atoms with Crippen LogP contribution in [-0.2, 0) is 15.1 Å². The standard InChI is InChI=1S/C22H25ClFNO4/c1-13(2)19(29-12-14-3-8-17(23)18(24)11-14)20(26)25-22(9-10-22)16-6-4-15(5-7-16)21(27)28/h3-8,13,18-19H,9-12H2,1-2H3,(H,25,26)(H,27,28)/t18?,19-/m1/s1. The first-order valence-corrected chi connectivity index (χ1v) is 10.1. The number of carboxylic acid groups (broad SMARTS) is 1. The molecule has 2 aliphatic carbocycles. The Labute approximate surface area is 174 Å². The molecule has 1 unspecified atom stereocenters. The molecule has 156 valence electrons. The van der Waals surface area contributed by atoms with Crippen molar-refractivity contribution in [2.75, 3.05) is 6.61 Å². The zero-order chi connectivity index (χ0) is 21.2. The molecule has 29 heavy (non-hydrogen) atoms. The second-order valence-electron chi connectivity index (χ2n) is 7.98. The second-order valence-corrected chi connectivity index (χ2v) is 8.41. The quantitative estimate of drug-likeness (QED) is 0.655. The van der Waals surface area contributed by atoms with Crippen molar-refractivity contribution >= 4 is 23.5 Å². The van der Waals surface area contributed by atoms with Gasteiger partial charge in [-0.05, 0) is 48.1 Å². The molecule has 0 radical (unpaired) electrons. The predicted octanol–water partition coefficient (Wildman–Crippen LogP) is 4.32. The number of benzene rings is 1. The summed E-state index contributed by atoms with van der Waals surface area (Å²) in [5, 5.41) is 12.3. The first-order chi connectivity index (χ1) is 13.7. The predicted molar refractivity (Wildman–Crippen MR) is 109 cm³/mol. The molecule has 0 spiro atoms. The van der Waals surface area contributed by atoms with Crippen LogP contribution in [0.3, 0.4) is 0 Å². The van der Waals surface area contributed by atoms with Crippen molar-refractivity contribution in [3.05, 3.63) is 58.1 Å². The van der Waals surface area contributed by atoms with Crippen molar-refractivity contribution < 1.29 is 23.8 Å². The Balaban J connectivity index is 1.64. The van der Waals surface area contributed by atoms with Gasteiger partial charge in [-0.2, -0.15) is 0 Å². The number of halogens is 2. The monoisotopic (exact) mass is 421 g/mol. The van der Waals surface area contributed by atoms with Gasteiger partial charge in [0.25, 0.3) is 0 Å². The van der Waals surface area contributed by atoms with Gasteiger partial charge in [0.15, 0.2) is 0 Å². The van der Waals surface area contributed by atoms with Gasteiger partial charge < -0.3 is 15.2 Å². The van der Waals surface area contributed by atoms with Gasteiger partial charge in [0.2, 0.25) is 5.91 Å². The number of amides is 1. The van der Waals surface area contributed by atoms with E-state index in [1.54, 1.807) is 30.3 Å². The van der Waals surface area contributed by atoms with Crippen LogP contribution in [-0.4, -0.2) is 35.9 Å². The number of alkyl halides is 1. The molecule has 5 nitrogen and oxygen atoms in total. The third kappa shape index (κ3) is 5.06. The molecule has 0 saturated heterocycles. The van der Waals surface area contributed by atoms with Crippen LogP contribution in [0.5, 0.6) is 0 Å². The largest absolute Gasteiger partial charge is 0.478 e. The lowest BCUT2D eigenvalue weighted by Gasteiger charge is -2.26. The molecule has 1 aromatic carbocycles. The molecule has 0 bridgehead atoms. The maximum absolute atomic E-state index is 13.8. The van der Waals surface area contributed by atoms with Crippen LogP contribution >= 0.6 is 11.6 Å². The third-order valence-corrected chi connectivity index (χ3v) is 5.69. The van der Waals surface area contributed by atoms with Crippen LogP contribution < -0.4 is 5.32 Å². The Morgan fingerprint density at radius 2 is 1.93 bits per heavy atom. The van der Waals surface area contributed by atoms with Gasteiger partial charge >= 0.3 is 5.97 Å². The van der Waals surface area contributed by atoms with Gasteiger partial charge in [-0.25, -0.2) is 9.18 Å². The highest BCUT2D eigenvalue weighted by atomic mass is 35.5. The van der Waals surface area contributed by atoms with E-state index in [-0.39, 0.29) is 35.4 Å². The number of hydrogen-bond donors (Lipinski definition) is 2. The van der Waals surface area contributed by atoms with Gasteiger partial charge in [0, 0.05) is 6.42 Å². The molecule has 2 aliphatic rings. The minimum atomic E-state index is -1.23. The Kier molecular flexibility index (Phi) is 6.44. The van der Waals surface area contributed by atoms with Crippen LogP contribution in [0.15, 0.2) is 47.0 Å². The van der Waals surface area contributed by atoms with E-state index < -0.39 is 23.8 Å². The van der Waals surface area contributed by atoms with Crippen LogP contribution in [0.25, 0.3) is 0 Å². The smallest absolute Gasteiger partial charge is 0.335 e. The lowest BCUT2D eigenvalue weighted by molar-refractivity contribution is -0.136. The molecule has 1 aromatic rings. The van der Waals surface area contributed by atoms with Crippen molar-refractivity contribution in [1.29, 1.82) is 0 Å². The summed E-state index contributed by atoms with van der Waals surface area (Å²) in [7, 11) is 0. The fourth-order valence-corrected chi connectivity index (χ4v) is 3.56. The van der Waals surface area contributed by atoms with E-state index in [0.29, 0.717) is 0 Å². The lowest BCUT2D eigenvalue weighted by atomic mass is 10.0. The second kappa shape index (κ2) is 8.67. The van der Waals surface area contributed by atoms with Gasteiger partial charge in [0.1, 0.15) is 12.3 Å². The van der Waals surface area contributed by atoms with Crippen molar-refractivity contribution in [1.82, 2.24) is 5.32 Å². The summed E-state index contributed by atoms with van der Waals surface area (Å²) in [6, 6.07) is 6.57. The average Bonchev–Trinajstić information content (AvgIpc) is 3.45. The van der Waals surface area contributed by atoms with Crippen molar-refractivity contribution in [3.8, 4) is 0 Å². The number of nitrogens with one attached hydrogen (secondary N) is 1. The van der Waals surface area contributed by atoms with Gasteiger partial charge in [-0.3, -0.25) is 4.79 Å². The maximum Gasteiger partial charge on any atom is 0.335 e. The summed E-state index contributed by atoms with van der Waals surface area (Å²) in [6.45, 7) is 3.96. The Hall–Kier alpha value is -2.18. The number of carboxylic acids is 1. The van der Waals surface area contributed by atoms with E-state index in [0.717, 1.165) is 24.0 Å². The SMILES string of the molecule is CC(C)[C@@H](OCC1=CC=C(Cl)C(F)C1)C(=O)NC1(c2ccc(C(=O)O)cc2)CC1. The van der Waals surface area contributed by atoms with E-state index in [1.807, 2.05) is 13.8 Å². The Morgan fingerprint density at radius 3 is 2.45 bits per heavy atom. The first-order valence-electron chi connectivity index (χ1n) is 9.68. The molecule has 0 heterocycles. The number of carbonyl (C=O) groups excluding carboxylic acids is 1. The third-order valence-electron chi connectivity index (χ3n) is 5.33. The highest BCUT2D eigenvalue weighted by molar-refractivity contribution is 6.30. The summed E-state index contributed by atoms with van der Waals surface area (Å²) in [6.07, 6.45) is 3.10. The molecule has 0 aromatic heterocycles. The number of rotatable bonds is 8. The fraction of sp³-hybridized carbons (Fsp3) is 0.455. The van der Waals surface area contributed by atoms with Gasteiger partial charge in [0.05, 0.1) is 22.7 Å². The maximum atomic E-state index is 13.8. The summed E-state index contributed by atoms with van der Waals surface area (Å²) >= 11 is 5.76. The Bertz CT molecular complexity index is 843. The average molecular weight is 422 g/mol. The normalized spacial score (nSPS) is 21.2. The van der Waals surface area contributed by atoms with Crippen molar-refractivity contribution in [3.63, 3.8) is 0 Å². The van der Waals surface area contributed by atoms with E-state index in [9.17, 15) is 14.0 Å². The van der Waals surface area contributed by atoms with Gasteiger partial charge in [-0.15, -0.1) is 0 Å². The molecule has 1 saturated carbocycles. The van der Waals surface area contributed by atoms with E-state index in [4.69, 9.17) is 21.4 Å². The van der Waals surface area contributed by atoms with Crippen molar-refractivity contribution in [2.45, 2.75) is 50.9 Å². The summed E-state index contributed by atoms with van der Waals surface area (Å²) in [5.74, 6) is -1.27. The molecular formula is C22H25ClFNO4. The molecule has 7 heteroatoms. The zero-order valence-corrected chi connectivity index (χ0v) is 17.2. The number of carbonyl (C=O) groups is 2. The topological polar surface area (TPSA) is 75.6 Å². The minimum absolute atomic E-state index is 0.0651. The summed E-state index contributed by atoms with van der Waals surface area (Å²) in [5.41, 5.74) is 1.37. The molecule has 1 fully saturated rings. The molecule has 3 rings (SSSR count). The molecule has 1 amide bonds. The van der Waals surface area contributed by atoms with E-state index >= 15 is 0 Å². The molecule has 0 aliphatic heterocycles. The summed E-state index contributed by atoms with van der Waals surface area (Å²) in [4.78, 5) is 24.0. The molecule has 2 N–H and O–H groups in total. The fourth-order valence-electron chi connectivity index (χ4n) is 3.42. The van der Waals surface area contributed by atoms with Crippen LogP contribution in [0.4, 0.5) is 4.39 Å².